The van der Waals surface area contributed by atoms with Gasteiger partial charge in [-0.1, -0.05) is 5.16 Å². The Morgan fingerprint density at radius 1 is 1.39 bits per heavy atom. The summed E-state index contributed by atoms with van der Waals surface area (Å²) in [6.07, 6.45) is 0.825. The highest BCUT2D eigenvalue weighted by Gasteiger charge is 2.45. The Balaban J connectivity index is 1.74. The SMILES string of the molecule is Cc1cc(C(=O)N2CCC3(COCC(=O)N(C(C)C)C3)C2)no1. The third kappa shape index (κ3) is 3.10. The minimum Gasteiger partial charge on any atom is -0.371 e. The summed E-state index contributed by atoms with van der Waals surface area (Å²) in [5.74, 6) is 0.524. The van der Waals surface area contributed by atoms with Crippen molar-refractivity contribution in [3.63, 3.8) is 0 Å². The highest BCUT2D eigenvalue weighted by Crippen LogP contribution is 2.34. The first-order valence-corrected chi connectivity index (χ1v) is 8.00. The average molecular weight is 321 g/mol. The van der Waals surface area contributed by atoms with Crippen molar-refractivity contribution < 1.29 is 18.8 Å². The molecule has 0 radical (unpaired) electrons. The Morgan fingerprint density at radius 2 is 2.17 bits per heavy atom. The molecule has 1 aromatic rings. The summed E-state index contributed by atoms with van der Waals surface area (Å²) in [6, 6.07) is 1.78. The number of aryl methyl sites for hydroxylation is 1. The summed E-state index contributed by atoms with van der Waals surface area (Å²) in [7, 11) is 0. The van der Waals surface area contributed by atoms with Gasteiger partial charge in [0.15, 0.2) is 5.69 Å². The fourth-order valence-electron chi connectivity index (χ4n) is 3.39. The molecule has 1 unspecified atom stereocenters. The maximum absolute atomic E-state index is 12.5. The van der Waals surface area contributed by atoms with Crippen LogP contribution in [0.5, 0.6) is 0 Å². The molecule has 2 amide bonds. The first-order chi connectivity index (χ1) is 10.9. The van der Waals surface area contributed by atoms with Gasteiger partial charge in [0.1, 0.15) is 12.4 Å². The van der Waals surface area contributed by atoms with Crippen LogP contribution in [0.2, 0.25) is 0 Å². The predicted molar refractivity (Wildman–Crippen MR) is 81.9 cm³/mol. The van der Waals surface area contributed by atoms with Crippen LogP contribution in [0.1, 0.15) is 36.5 Å². The molecular formula is C16H23N3O4. The van der Waals surface area contributed by atoms with Gasteiger partial charge in [0, 0.05) is 37.2 Å². The lowest BCUT2D eigenvalue weighted by molar-refractivity contribution is -0.135. The van der Waals surface area contributed by atoms with Gasteiger partial charge >= 0.3 is 0 Å². The number of carbonyl (C=O) groups is 2. The molecule has 7 nitrogen and oxygen atoms in total. The maximum Gasteiger partial charge on any atom is 0.276 e. The van der Waals surface area contributed by atoms with Crippen molar-refractivity contribution >= 4 is 11.8 Å². The zero-order valence-corrected chi connectivity index (χ0v) is 13.9. The molecule has 2 aliphatic rings. The number of aromatic nitrogens is 1. The zero-order valence-electron chi connectivity index (χ0n) is 13.9. The Kier molecular flexibility index (Phi) is 4.14. The fourth-order valence-corrected chi connectivity index (χ4v) is 3.39. The number of likely N-dealkylation sites (tertiary alicyclic amines) is 1. The Bertz CT molecular complexity index is 612. The fraction of sp³-hybridized carbons (Fsp3) is 0.688. The van der Waals surface area contributed by atoms with Gasteiger partial charge in [0.2, 0.25) is 5.91 Å². The van der Waals surface area contributed by atoms with E-state index in [4.69, 9.17) is 9.26 Å². The van der Waals surface area contributed by atoms with Crippen LogP contribution in [0.4, 0.5) is 0 Å². The number of nitrogens with zero attached hydrogens (tertiary/aromatic N) is 3. The topological polar surface area (TPSA) is 75.9 Å². The van der Waals surface area contributed by atoms with Crippen LogP contribution in [0.15, 0.2) is 10.6 Å². The molecule has 2 saturated heterocycles. The predicted octanol–water partition coefficient (Wildman–Crippen LogP) is 1.08. The number of hydrogen-bond donors (Lipinski definition) is 0. The minimum absolute atomic E-state index is 0.0220. The molecule has 126 valence electrons. The molecule has 7 heteroatoms. The maximum atomic E-state index is 12.5. The van der Waals surface area contributed by atoms with E-state index in [0.717, 1.165) is 6.42 Å². The summed E-state index contributed by atoms with van der Waals surface area (Å²) in [5.41, 5.74) is 0.149. The second kappa shape index (κ2) is 5.96. The van der Waals surface area contributed by atoms with E-state index in [0.29, 0.717) is 37.7 Å². The van der Waals surface area contributed by atoms with E-state index in [2.05, 4.69) is 5.16 Å². The van der Waals surface area contributed by atoms with Crippen LogP contribution in [-0.2, 0) is 9.53 Å². The van der Waals surface area contributed by atoms with Gasteiger partial charge in [0.25, 0.3) is 5.91 Å². The van der Waals surface area contributed by atoms with Crippen LogP contribution < -0.4 is 0 Å². The number of amides is 2. The lowest BCUT2D eigenvalue weighted by atomic mass is 9.87. The molecule has 1 atom stereocenters. The Hall–Kier alpha value is -1.89. The van der Waals surface area contributed by atoms with E-state index in [1.54, 1.807) is 17.9 Å². The van der Waals surface area contributed by atoms with Gasteiger partial charge < -0.3 is 19.1 Å². The molecule has 0 aliphatic carbocycles. The van der Waals surface area contributed by atoms with Gasteiger partial charge in [0.05, 0.1) is 6.61 Å². The first-order valence-electron chi connectivity index (χ1n) is 8.00. The number of carbonyl (C=O) groups excluding carboxylic acids is 2. The third-order valence-electron chi connectivity index (χ3n) is 4.66. The van der Waals surface area contributed by atoms with Crippen LogP contribution in [0.3, 0.4) is 0 Å². The van der Waals surface area contributed by atoms with Crippen LogP contribution in [0.25, 0.3) is 0 Å². The number of rotatable bonds is 2. The molecule has 1 spiro atoms. The molecule has 23 heavy (non-hydrogen) atoms. The molecular weight excluding hydrogens is 298 g/mol. The Labute approximate surface area is 135 Å². The van der Waals surface area contributed by atoms with E-state index in [-0.39, 0.29) is 29.9 Å². The van der Waals surface area contributed by atoms with Crippen molar-refractivity contribution in [2.45, 2.75) is 33.2 Å². The first kappa shape index (κ1) is 16.0. The zero-order chi connectivity index (χ0) is 16.6. The Morgan fingerprint density at radius 3 is 2.83 bits per heavy atom. The van der Waals surface area contributed by atoms with Gasteiger partial charge in [-0.15, -0.1) is 0 Å². The molecule has 0 N–H and O–H groups in total. The summed E-state index contributed by atoms with van der Waals surface area (Å²) in [6.45, 7) is 8.26. The smallest absolute Gasteiger partial charge is 0.276 e. The van der Waals surface area contributed by atoms with Gasteiger partial charge in [-0.05, 0) is 27.2 Å². The lowest BCUT2D eigenvalue weighted by Crippen LogP contribution is -2.46. The van der Waals surface area contributed by atoms with E-state index in [1.165, 1.54) is 0 Å². The quantitative estimate of drug-likeness (QED) is 0.815. The van der Waals surface area contributed by atoms with Crippen molar-refractivity contribution in [1.82, 2.24) is 15.0 Å². The molecule has 2 fully saturated rings. The summed E-state index contributed by atoms with van der Waals surface area (Å²) >= 11 is 0. The molecule has 1 aromatic heterocycles. The number of ether oxygens (including phenoxy) is 1. The standard InChI is InChI=1S/C16H23N3O4/c1-11(2)19-9-16(10-22-7-14(19)20)4-5-18(8-16)15(21)13-6-12(3)23-17-13/h6,11H,4-5,7-10H2,1-3H3. The third-order valence-corrected chi connectivity index (χ3v) is 4.66. The van der Waals surface area contributed by atoms with E-state index >= 15 is 0 Å². The summed E-state index contributed by atoms with van der Waals surface area (Å²) in [5, 5.41) is 3.81. The minimum atomic E-state index is -0.190. The van der Waals surface area contributed by atoms with Crippen molar-refractivity contribution in [3.8, 4) is 0 Å². The summed E-state index contributed by atoms with van der Waals surface area (Å²) < 4.78 is 10.6. The highest BCUT2D eigenvalue weighted by atomic mass is 16.5. The summed E-state index contributed by atoms with van der Waals surface area (Å²) in [4.78, 5) is 28.3. The highest BCUT2D eigenvalue weighted by molar-refractivity contribution is 5.92. The lowest BCUT2D eigenvalue weighted by Gasteiger charge is -2.33. The molecule has 0 bridgehead atoms. The van der Waals surface area contributed by atoms with Crippen LogP contribution >= 0.6 is 0 Å². The molecule has 0 aromatic carbocycles. The normalized spacial score (nSPS) is 25.5. The van der Waals surface area contributed by atoms with E-state index in [9.17, 15) is 9.59 Å². The van der Waals surface area contributed by atoms with Crippen molar-refractivity contribution in [1.29, 1.82) is 0 Å². The van der Waals surface area contributed by atoms with Crippen LogP contribution in [-0.4, -0.2) is 65.7 Å². The monoisotopic (exact) mass is 321 g/mol. The number of hydrogen-bond acceptors (Lipinski definition) is 5. The second-order valence-electron chi connectivity index (χ2n) is 6.91. The molecule has 3 heterocycles. The second-order valence-corrected chi connectivity index (χ2v) is 6.91. The van der Waals surface area contributed by atoms with Crippen molar-refractivity contribution in [3.05, 3.63) is 17.5 Å². The van der Waals surface area contributed by atoms with Crippen molar-refractivity contribution in [2.75, 3.05) is 32.8 Å². The van der Waals surface area contributed by atoms with Crippen molar-refractivity contribution in [2.24, 2.45) is 5.41 Å². The van der Waals surface area contributed by atoms with Gasteiger partial charge in [-0.25, -0.2) is 0 Å². The van der Waals surface area contributed by atoms with Gasteiger partial charge in [-0.3, -0.25) is 9.59 Å². The molecule has 3 rings (SSSR count). The van der Waals surface area contributed by atoms with E-state index < -0.39 is 0 Å². The van der Waals surface area contributed by atoms with Gasteiger partial charge in [-0.2, -0.15) is 0 Å². The molecule has 2 aliphatic heterocycles. The average Bonchev–Trinajstić information content (AvgIpc) is 3.06. The molecule has 0 saturated carbocycles. The van der Waals surface area contributed by atoms with E-state index in [1.807, 2.05) is 18.7 Å². The largest absolute Gasteiger partial charge is 0.371 e. The van der Waals surface area contributed by atoms with Crippen LogP contribution in [0, 0.1) is 12.3 Å².